The van der Waals surface area contributed by atoms with Crippen LogP contribution in [0.4, 0.5) is 0 Å². The van der Waals surface area contributed by atoms with Crippen LogP contribution >= 0.6 is 11.3 Å². The fourth-order valence-corrected chi connectivity index (χ4v) is 4.21. The highest BCUT2D eigenvalue weighted by molar-refractivity contribution is 7.20. The normalized spacial score (nSPS) is 15.6. The van der Waals surface area contributed by atoms with Crippen molar-refractivity contribution in [3.8, 4) is 0 Å². The van der Waals surface area contributed by atoms with E-state index >= 15 is 0 Å². The Hall–Kier alpha value is -2.15. The SMILES string of the molecule is Cc1nn(C)c2sc(C(=O)O[C@H](C)C(=O)NCCC3=CCCCC3)cc12. The summed E-state index contributed by atoms with van der Waals surface area (Å²) in [5, 5.41) is 8.12. The first-order valence-corrected chi connectivity index (χ1v) is 9.87. The molecule has 2 aromatic rings. The van der Waals surface area contributed by atoms with E-state index < -0.39 is 12.1 Å². The van der Waals surface area contributed by atoms with Crippen molar-refractivity contribution in [2.75, 3.05) is 6.54 Å². The van der Waals surface area contributed by atoms with Gasteiger partial charge >= 0.3 is 5.97 Å². The predicted octanol–water partition coefficient (Wildman–Crippen LogP) is 3.50. The molecule has 1 aliphatic carbocycles. The number of hydrogen-bond acceptors (Lipinski definition) is 5. The number of nitrogens with zero attached hydrogens (tertiary/aromatic N) is 2. The molecule has 0 saturated heterocycles. The highest BCUT2D eigenvalue weighted by Gasteiger charge is 2.21. The van der Waals surface area contributed by atoms with Gasteiger partial charge in [0.1, 0.15) is 9.71 Å². The molecule has 0 spiro atoms. The lowest BCUT2D eigenvalue weighted by molar-refractivity contribution is -0.129. The van der Waals surface area contributed by atoms with Crippen molar-refractivity contribution in [2.45, 2.75) is 52.1 Å². The van der Waals surface area contributed by atoms with Gasteiger partial charge in [-0.05, 0) is 52.0 Å². The van der Waals surface area contributed by atoms with Gasteiger partial charge < -0.3 is 10.1 Å². The van der Waals surface area contributed by atoms with Crippen molar-refractivity contribution in [1.82, 2.24) is 15.1 Å². The van der Waals surface area contributed by atoms with Crippen molar-refractivity contribution < 1.29 is 14.3 Å². The monoisotopic (exact) mass is 375 g/mol. The molecule has 140 valence electrons. The molecule has 0 fully saturated rings. The van der Waals surface area contributed by atoms with Crippen LogP contribution in [0.2, 0.25) is 0 Å². The fraction of sp³-hybridized carbons (Fsp3) is 0.526. The fourth-order valence-electron chi connectivity index (χ4n) is 3.20. The number of allylic oxidation sites excluding steroid dienone is 1. The Balaban J connectivity index is 1.51. The van der Waals surface area contributed by atoms with Crippen LogP contribution in [0.25, 0.3) is 10.2 Å². The number of ether oxygens (including phenoxy) is 1. The predicted molar refractivity (Wildman–Crippen MR) is 102 cm³/mol. The van der Waals surface area contributed by atoms with E-state index in [1.54, 1.807) is 17.7 Å². The standard InChI is InChI=1S/C19H25N3O3S/c1-12-15-11-16(26-18(15)22(3)21-12)19(24)25-13(2)17(23)20-10-9-14-7-5-4-6-8-14/h7,11,13H,4-6,8-10H2,1-3H3,(H,20,23)/t13-/m1/s1. The molecular formula is C19H25N3O3S. The zero-order valence-electron chi connectivity index (χ0n) is 15.5. The molecule has 2 aromatic heterocycles. The van der Waals surface area contributed by atoms with E-state index in [1.807, 2.05) is 14.0 Å². The Morgan fingerprint density at radius 1 is 1.42 bits per heavy atom. The van der Waals surface area contributed by atoms with Crippen LogP contribution in [0, 0.1) is 6.92 Å². The van der Waals surface area contributed by atoms with Gasteiger partial charge in [0.15, 0.2) is 6.10 Å². The third kappa shape index (κ3) is 4.15. The van der Waals surface area contributed by atoms with Gasteiger partial charge in [0.25, 0.3) is 5.91 Å². The molecule has 7 heteroatoms. The van der Waals surface area contributed by atoms with Gasteiger partial charge in [-0.3, -0.25) is 9.48 Å². The van der Waals surface area contributed by atoms with Crippen LogP contribution in [0.3, 0.4) is 0 Å². The minimum absolute atomic E-state index is 0.256. The minimum atomic E-state index is -0.813. The van der Waals surface area contributed by atoms with Crippen LogP contribution in [0.1, 0.15) is 54.4 Å². The third-order valence-corrected chi connectivity index (χ3v) is 5.86. The summed E-state index contributed by atoms with van der Waals surface area (Å²) in [5.74, 6) is -0.725. The first kappa shape index (κ1) is 18.6. The Labute approximate surface area is 157 Å². The maximum atomic E-state index is 12.3. The molecule has 0 saturated carbocycles. The Morgan fingerprint density at radius 3 is 2.92 bits per heavy atom. The molecule has 1 aliphatic rings. The van der Waals surface area contributed by atoms with Crippen LogP contribution < -0.4 is 5.32 Å². The molecule has 0 bridgehead atoms. The van der Waals surface area contributed by atoms with Crippen LogP contribution in [-0.2, 0) is 16.6 Å². The van der Waals surface area contributed by atoms with Crippen molar-refractivity contribution in [3.05, 3.63) is 28.3 Å². The van der Waals surface area contributed by atoms with E-state index in [-0.39, 0.29) is 5.91 Å². The van der Waals surface area contributed by atoms with Crippen molar-refractivity contribution >= 4 is 33.4 Å². The second-order valence-corrected chi connectivity index (χ2v) is 7.77. The molecule has 0 radical (unpaired) electrons. The average Bonchev–Trinajstić information content (AvgIpc) is 3.17. The summed E-state index contributed by atoms with van der Waals surface area (Å²) in [6.07, 6.45) is 7.09. The number of fused-ring (bicyclic) bond motifs is 1. The van der Waals surface area contributed by atoms with Crippen LogP contribution in [-0.4, -0.2) is 34.3 Å². The highest BCUT2D eigenvalue weighted by Crippen LogP contribution is 2.28. The van der Waals surface area contributed by atoms with E-state index in [2.05, 4.69) is 16.5 Å². The lowest BCUT2D eigenvalue weighted by Gasteiger charge is -2.15. The van der Waals surface area contributed by atoms with E-state index in [0.29, 0.717) is 11.4 Å². The van der Waals surface area contributed by atoms with E-state index in [1.165, 1.54) is 29.8 Å². The van der Waals surface area contributed by atoms with Gasteiger partial charge in [0, 0.05) is 19.0 Å². The third-order valence-electron chi connectivity index (χ3n) is 4.68. The Morgan fingerprint density at radius 2 is 2.23 bits per heavy atom. The molecule has 3 rings (SSSR count). The first-order chi connectivity index (χ1) is 12.5. The molecule has 0 aromatic carbocycles. The average molecular weight is 375 g/mol. The number of carbonyl (C=O) groups excluding carboxylic acids is 2. The summed E-state index contributed by atoms with van der Waals surface area (Å²) < 4.78 is 7.09. The summed E-state index contributed by atoms with van der Waals surface area (Å²) in [6.45, 7) is 4.09. The molecule has 1 N–H and O–H groups in total. The second-order valence-electron chi connectivity index (χ2n) is 6.74. The molecular weight excluding hydrogens is 350 g/mol. The Bertz CT molecular complexity index is 815. The second kappa shape index (κ2) is 8.03. The van der Waals surface area contributed by atoms with Crippen molar-refractivity contribution in [1.29, 1.82) is 0 Å². The number of amides is 1. The summed E-state index contributed by atoms with van der Waals surface area (Å²) in [6, 6.07) is 1.78. The van der Waals surface area contributed by atoms with E-state index in [9.17, 15) is 9.59 Å². The number of carbonyl (C=O) groups is 2. The number of aromatic nitrogens is 2. The molecule has 1 atom stereocenters. The van der Waals surface area contributed by atoms with Gasteiger partial charge in [-0.2, -0.15) is 5.10 Å². The minimum Gasteiger partial charge on any atom is -0.448 e. The van der Waals surface area contributed by atoms with E-state index in [4.69, 9.17) is 4.74 Å². The smallest absolute Gasteiger partial charge is 0.349 e. The molecule has 2 heterocycles. The van der Waals surface area contributed by atoms with Gasteiger partial charge in [-0.25, -0.2) is 4.79 Å². The van der Waals surface area contributed by atoms with Crippen LogP contribution in [0.5, 0.6) is 0 Å². The summed E-state index contributed by atoms with van der Waals surface area (Å²) in [5.41, 5.74) is 2.29. The molecule has 0 aliphatic heterocycles. The molecule has 1 amide bonds. The Kier molecular flexibility index (Phi) is 5.76. The van der Waals surface area contributed by atoms with Crippen molar-refractivity contribution in [2.24, 2.45) is 7.05 Å². The lowest BCUT2D eigenvalue weighted by atomic mass is 9.97. The number of esters is 1. The zero-order chi connectivity index (χ0) is 18.7. The zero-order valence-corrected chi connectivity index (χ0v) is 16.3. The van der Waals surface area contributed by atoms with Crippen LogP contribution in [0.15, 0.2) is 17.7 Å². The van der Waals surface area contributed by atoms with Gasteiger partial charge in [-0.1, -0.05) is 11.6 Å². The van der Waals surface area contributed by atoms with Gasteiger partial charge in [-0.15, -0.1) is 11.3 Å². The number of hydrogen-bond donors (Lipinski definition) is 1. The van der Waals surface area contributed by atoms with Gasteiger partial charge in [0.05, 0.1) is 5.69 Å². The first-order valence-electron chi connectivity index (χ1n) is 9.05. The van der Waals surface area contributed by atoms with Gasteiger partial charge in [0.2, 0.25) is 0 Å². The number of thiophene rings is 1. The lowest BCUT2D eigenvalue weighted by Crippen LogP contribution is -2.36. The molecule has 26 heavy (non-hydrogen) atoms. The quantitative estimate of drug-likeness (QED) is 0.619. The van der Waals surface area contributed by atoms with Crippen molar-refractivity contribution in [3.63, 3.8) is 0 Å². The number of nitrogens with one attached hydrogen (secondary N) is 1. The molecule has 6 nitrogen and oxygen atoms in total. The van der Waals surface area contributed by atoms with E-state index in [0.717, 1.165) is 35.2 Å². The summed E-state index contributed by atoms with van der Waals surface area (Å²) >= 11 is 1.33. The number of aryl methyl sites for hydroxylation is 2. The maximum Gasteiger partial charge on any atom is 0.349 e. The molecule has 0 unspecified atom stereocenters. The summed E-state index contributed by atoms with van der Waals surface area (Å²) in [4.78, 5) is 25.9. The number of rotatable bonds is 6. The maximum absolute atomic E-state index is 12.3. The summed E-state index contributed by atoms with van der Waals surface area (Å²) in [7, 11) is 1.85. The highest BCUT2D eigenvalue weighted by atomic mass is 32.1. The largest absolute Gasteiger partial charge is 0.448 e. The topological polar surface area (TPSA) is 73.2 Å².